The van der Waals surface area contributed by atoms with Crippen LogP contribution in [-0.4, -0.2) is 70.0 Å². The third kappa shape index (κ3) is 41.1. The van der Waals surface area contributed by atoms with Gasteiger partial charge in [-0.2, -0.15) is 0 Å². The first kappa shape index (κ1) is 53.5. The highest BCUT2D eigenvalue weighted by Crippen LogP contribution is 2.38. The molecule has 0 aromatic carbocycles. The summed E-state index contributed by atoms with van der Waals surface area (Å²) in [4.78, 5) is 37.5. The van der Waals surface area contributed by atoms with Crippen LogP contribution in [0, 0.1) is 0 Å². The molecule has 1 unspecified atom stereocenters. The van der Waals surface area contributed by atoms with Gasteiger partial charge in [0.2, 0.25) is 0 Å². The van der Waals surface area contributed by atoms with Crippen LogP contribution in [0.15, 0.2) is 72.9 Å². The van der Waals surface area contributed by atoms with Gasteiger partial charge in [-0.15, -0.1) is 0 Å². The smallest absolute Gasteiger partial charge is 0.306 e. The van der Waals surface area contributed by atoms with Crippen molar-refractivity contribution >= 4 is 19.8 Å². The van der Waals surface area contributed by atoms with Crippen LogP contribution >= 0.6 is 7.82 Å². The van der Waals surface area contributed by atoms with Gasteiger partial charge >= 0.3 is 11.9 Å². The van der Waals surface area contributed by atoms with Gasteiger partial charge in [-0.25, -0.2) is 0 Å². The predicted molar refractivity (Wildman–Crippen MR) is 231 cm³/mol. The topological polar surface area (TPSA) is 111 Å². The Balaban J connectivity index is 4.45. The average Bonchev–Trinajstić information content (AvgIpc) is 3.15. The summed E-state index contributed by atoms with van der Waals surface area (Å²) < 4.78 is 33.8. The number of hydrogen-bond donors (Lipinski definition) is 0. The Kier molecular flexibility index (Phi) is 36.3. The van der Waals surface area contributed by atoms with E-state index in [9.17, 15) is 19.0 Å². The maximum Gasteiger partial charge on any atom is 0.306 e. The molecule has 322 valence electrons. The molecule has 2 atom stereocenters. The van der Waals surface area contributed by atoms with Gasteiger partial charge in [-0.1, -0.05) is 132 Å². The highest BCUT2D eigenvalue weighted by molar-refractivity contribution is 7.45. The molecule has 0 aliphatic heterocycles. The molecular weight excluding hydrogens is 725 g/mol. The Morgan fingerprint density at radius 2 is 1.02 bits per heavy atom. The summed E-state index contributed by atoms with van der Waals surface area (Å²) in [7, 11) is 1.13. The molecule has 0 heterocycles. The quantitative estimate of drug-likeness (QED) is 0.0199. The van der Waals surface area contributed by atoms with Crippen LogP contribution in [0.1, 0.15) is 155 Å². The molecule has 0 saturated carbocycles. The Morgan fingerprint density at radius 1 is 0.571 bits per heavy atom. The van der Waals surface area contributed by atoms with E-state index < -0.39 is 32.5 Å². The number of hydrogen-bond acceptors (Lipinski definition) is 8. The third-order valence-corrected chi connectivity index (χ3v) is 9.67. The molecule has 56 heavy (non-hydrogen) atoms. The Labute approximate surface area is 342 Å². The van der Waals surface area contributed by atoms with Crippen molar-refractivity contribution < 1.29 is 42.1 Å². The van der Waals surface area contributed by atoms with Crippen molar-refractivity contribution in [2.45, 2.75) is 161 Å². The minimum Gasteiger partial charge on any atom is -0.756 e. The lowest BCUT2D eigenvalue weighted by atomic mass is 10.1. The summed E-state index contributed by atoms with van der Waals surface area (Å²) >= 11 is 0. The molecule has 0 spiro atoms. The fourth-order valence-electron chi connectivity index (χ4n) is 5.32. The Bertz CT molecular complexity index is 1180. The molecule has 0 saturated heterocycles. The highest BCUT2D eigenvalue weighted by Gasteiger charge is 2.21. The van der Waals surface area contributed by atoms with E-state index in [-0.39, 0.29) is 26.1 Å². The van der Waals surface area contributed by atoms with Crippen LogP contribution in [0.5, 0.6) is 0 Å². The van der Waals surface area contributed by atoms with Crippen molar-refractivity contribution in [1.29, 1.82) is 0 Å². The molecule has 9 nitrogen and oxygen atoms in total. The minimum atomic E-state index is -4.64. The van der Waals surface area contributed by atoms with E-state index in [1.54, 1.807) is 0 Å². The summed E-state index contributed by atoms with van der Waals surface area (Å²) in [6, 6.07) is 0. The van der Waals surface area contributed by atoms with Gasteiger partial charge in [0, 0.05) is 12.8 Å². The first-order chi connectivity index (χ1) is 27.0. The van der Waals surface area contributed by atoms with Crippen LogP contribution in [0.4, 0.5) is 0 Å². The van der Waals surface area contributed by atoms with E-state index in [0.717, 1.165) is 89.9 Å². The zero-order valence-corrected chi connectivity index (χ0v) is 36.9. The number of allylic oxidation sites excluding steroid dienone is 12. The maximum absolute atomic E-state index is 12.7. The van der Waals surface area contributed by atoms with Gasteiger partial charge in [-0.05, 0) is 83.5 Å². The van der Waals surface area contributed by atoms with E-state index in [1.165, 1.54) is 25.7 Å². The fraction of sp³-hybridized carbons (Fsp3) is 0.696. The second-order valence-electron chi connectivity index (χ2n) is 15.3. The highest BCUT2D eigenvalue weighted by atomic mass is 31.2. The monoisotopic (exact) mass is 806 g/mol. The molecule has 0 N–H and O–H groups in total. The number of unbranched alkanes of at least 4 members (excludes halogenated alkanes) is 12. The van der Waals surface area contributed by atoms with Crippen LogP contribution < -0.4 is 4.89 Å². The first-order valence-electron chi connectivity index (χ1n) is 21.6. The summed E-state index contributed by atoms with van der Waals surface area (Å²) in [6.45, 7) is 4.02. The lowest BCUT2D eigenvalue weighted by Crippen LogP contribution is -2.37. The van der Waals surface area contributed by atoms with Crippen molar-refractivity contribution in [2.24, 2.45) is 0 Å². The van der Waals surface area contributed by atoms with Gasteiger partial charge in [0.15, 0.2) is 6.10 Å². The van der Waals surface area contributed by atoms with E-state index in [1.807, 2.05) is 21.1 Å². The summed E-state index contributed by atoms with van der Waals surface area (Å²) in [5.74, 6) is -0.887. The summed E-state index contributed by atoms with van der Waals surface area (Å²) in [6.07, 6.45) is 46.4. The molecule has 0 aromatic heterocycles. The normalized spacial score (nSPS) is 14.3. The van der Waals surface area contributed by atoms with Crippen molar-refractivity contribution in [3.63, 3.8) is 0 Å². The molecule has 0 radical (unpaired) electrons. The largest absolute Gasteiger partial charge is 0.756 e. The van der Waals surface area contributed by atoms with Gasteiger partial charge in [0.05, 0.1) is 27.7 Å². The SMILES string of the molecule is CC/C=C/C/C=C/C/C=C/CCCCCCCC(=O)O[C@H](COC(=O)CCCCCC/C=C/C/C=C/C/C=C/CCCCC)COP(=O)([O-])OCC[N+](C)(C)C. The number of quaternary nitrogens is 1. The first-order valence-corrected chi connectivity index (χ1v) is 23.1. The zero-order chi connectivity index (χ0) is 41.4. The zero-order valence-electron chi connectivity index (χ0n) is 36.1. The van der Waals surface area contributed by atoms with Gasteiger partial charge < -0.3 is 27.9 Å². The average molecular weight is 806 g/mol. The molecule has 0 bridgehead atoms. The number of phosphoric acid groups is 1. The number of phosphoric ester groups is 1. The molecule has 0 rings (SSSR count). The number of likely N-dealkylation sites (N-methyl/N-ethyl adjacent to an activating group) is 1. The third-order valence-electron chi connectivity index (χ3n) is 8.71. The second kappa shape index (κ2) is 38.0. The molecular formula is C46H80NO8P. The number of rotatable bonds is 38. The Morgan fingerprint density at radius 3 is 1.52 bits per heavy atom. The number of carbonyl (C=O) groups is 2. The minimum absolute atomic E-state index is 0.0421. The van der Waals surface area contributed by atoms with Crippen LogP contribution in [0.3, 0.4) is 0 Å². The molecule has 0 aromatic rings. The van der Waals surface area contributed by atoms with E-state index in [0.29, 0.717) is 23.9 Å². The van der Waals surface area contributed by atoms with Crippen LogP contribution in [-0.2, 0) is 32.7 Å². The molecule has 0 aliphatic rings. The number of nitrogens with zero attached hydrogens (tertiary/aromatic N) is 1. The summed E-state index contributed by atoms with van der Waals surface area (Å²) in [5.41, 5.74) is 0. The van der Waals surface area contributed by atoms with Gasteiger partial charge in [0.25, 0.3) is 7.82 Å². The van der Waals surface area contributed by atoms with Crippen molar-refractivity contribution in [3.8, 4) is 0 Å². The van der Waals surface area contributed by atoms with Crippen molar-refractivity contribution in [2.75, 3.05) is 47.5 Å². The Hall–Kier alpha value is -2.55. The van der Waals surface area contributed by atoms with Gasteiger partial charge in [0.1, 0.15) is 19.8 Å². The molecule has 10 heteroatoms. The summed E-state index contributed by atoms with van der Waals surface area (Å²) in [5, 5.41) is 0. The van der Waals surface area contributed by atoms with Crippen molar-refractivity contribution in [1.82, 2.24) is 0 Å². The van der Waals surface area contributed by atoms with E-state index >= 15 is 0 Å². The molecule has 0 fully saturated rings. The lowest BCUT2D eigenvalue weighted by Gasteiger charge is -2.28. The van der Waals surface area contributed by atoms with Crippen LogP contribution in [0.2, 0.25) is 0 Å². The standard InChI is InChI=1S/C46H80NO8P/c1-6-8-10-12-14-16-18-20-22-23-25-26-28-30-32-34-36-38-45(48)52-42-44(43-54-56(50,51)53-41-40-47(3,4)5)55-46(49)39-37-35-33-31-29-27-24-21-19-17-15-13-11-9-7-2/h9,11,14-17,20-22,24-26,44H,6-8,10,12-13,18-19,23,27-43H2,1-5H3/b11-9+,16-14+,17-15+,22-20+,24-21+,26-25+/t44-/m1/s1. The molecule has 0 aliphatic carbocycles. The fourth-order valence-corrected chi connectivity index (χ4v) is 6.05. The van der Waals surface area contributed by atoms with Gasteiger partial charge in [-0.3, -0.25) is 14.2 Å². The number of esters is 2. The maximum atomic E-state index is 12.7. The lowest BCUT2D eigenvalue weighted by molar-refractivity contribution is -0.870. The van der Waals surface area contributed by atoms with E-state index in [4.69, 9.17) is 18.5 Å². The van der Waals surface area contributed by atoms with Crippen molar-refractivity contribution in [3.05, 3.63) is 72.9 Å². The number of carbonyl (C=O) groups excluding carboxylic acids is 2. The molecule has 0 amide bonds. The number of ether oxygens (including phenoxy) is 2. The van der Waals surface area contributed by atoms with Crippen LogP contribution in [0.25, 0.3) is 0 Å². The predicted octanol–water partition coefficient (Wildman–Crippen LogP) is 11.6. The van der Waals surface area contributed by atoms with E-state index in [2.05, 4.69) is 86.8 Å². The second-order valence-corrected chi connectivity index (χ2v) is 16.7.